The lowest BCUT2D eigenvalue weighted by Gasteiger charge is -2.24. The van der Waals surface area contributed by atoms with Crippen molar-refractivity contribution in [3.8, 4) is 11.3 Å². The van der Waals surface area contributed by atoms with Crippen molar-refractivity contribution in [3.05, 3.63) is 53.3 Å². The molecule has 1 atom stereocenters. The fourth-order valence-corrected chi connectivity index (χ4v) is 3.88. The summed E-state index contributed by atoms with van der Waals surface area (Å²) in [6.07, 6.45) is 10.3. The van der Waals surface area contributed by atoms with Crippen LogP contribution in [0.5, 0.6) is 0 Å². The van der Waals surface area contributed by atoms with Crippen molar-refractivity contribution in [1.29, 1.82) is 0 Å². The molecule has 1 saturated heterocycles. The number of aryl methyl sites for hydroxylation is 4. The molecule has 3 aromatic rings. The first-order chi connectivity index (χ1) is 14.0. The van der Waals surface area contributed by atoms with Gasteiger partial charge in [-0.3, -0.25) is 9.78 Å². The minimum absolute atomic E-state index is 0.00283. The topological polar surface area (TPSA) is 97.9 Å². The van der Waals surface area contributed by atoms with E-state index in [0.29, 0.717) is 11.4 Å². The molecule has 1 unspecified atom stereocenters. The van der Waals surface area contributed by atoms with Crippen LogP contribution in [-0.2, 0) is 6.42 Å². The van der Waals surface area contributed by atoms with E-state index in [2.05, 4.69) is 20.1 Å². The Bertz CT molecular complexity index is 995. The molecule has 1 aliphatic rings. The average Bonchev–Trinajstić information content (AvgIpc) is 3.33. The van der Waals surface area contributed by atoms with Gasteiger partial charge in [0.2, 0.25) is 0 Å². The maximum Gasteiger partial charge on any atom is 0.257 e. The number of hydrogen-bond donors (Lipinski definition) is 0. The molecule has 4 rings (SSSR count). The van der Waals surface area contributed by atoms with E-state index in [0.717, 1.165) is 60.6 Å². The SMILES string of the molecule is Cc1ncc(C(=O)N2CCCC2CCc2cncc(-c3c(C)noc3C)n2)cn1. The van der Waals surface area contributed by atoms with Crippen LogP contribution in [0, 0.1) is 20.8 Å². The van der Waals surface area contributed by atoms with Gasteiger partial charge in [-0.25, -0.2) is 15.0 Å². The van der Waals surface area contributed by atoms with Crippen molar-refractivity contribution in [2.24, 2.45) is 0 Å². The quantitative estimate of drug-likeness (QED) is 0.658. The number of carbonyl (C=O) groups excluding carboxylic acids is 1. The van der Waals surface area contributed by atoms with Gasteiger partial charge in [0.15, 0.2) is 0 Å². The second kappa shape index (κ2) is 8.06. The van der Waals surface area contributed by atoms with Crippen molar-refractivity contribution in [2.75, 3.05) is 6.54 Å². The summed E-state index contributed by atoms with van der Waals surface area (Å²) in [5.41, 5.74) is 3.93. The molecule has 1 fully saturated rings. The van der Waals surface area contributed by atoms with Crippen LogP contribution in [0.25, 0.3) is 11.3 Å². The molecule has 8 heteroatoms. The summed E-state index contributed by atoms with van der Waals surface area (Å²) in [6, 6.07) is 0.188. The third kappa shape index (κ3) is 4.01. The van der Waals surface area contributed by atoms with Crippen LogP contribution < -0.4 is 0 Å². The third-order valence-electron chi connectivity index (χ3n) is 5.37. The van der Waals surface area contributed by atoms with E-state index in [1.54, 1.807) is 24.8 Å². The highest BCUT2D eigenvalue weighted by Gasteiger charge is 2.29. The average molecular weight is 392 g/mol. The van der Waals surface area contributed by atoms with Gasteiger partial charge in [-0.05, 0) is 46.5 Å². The predicted octanol–water partition coefficient (Wildman–Crippen LogP) is 3.08. The minimum atomic E-state index is 0.00283. The van der Waals surface area contributed by atoms with Gasteiger partial charge in [-0.2, -0.15) is 0 Å². The largest absolute Gasteiger partial charge is 0.361 e. The highest BCUT2D eigenvalue weighted by molar-refractivity contribution is 5.94. The number of rotatable bonds is 5. The van der Waals surface area contributed by atoms with E-state index < -0.39 is 0 Å². The molecule has 150 valence electrons. The maximum absolute atomic E-state index is 12.9. The van der Waals surface area contributed by atoms with Crippen molar-refractivity contribution in [2.45, 2.75) is 52.5 Å². The van der Waals surface area contributed by atoms with Gasteiger partial charge in [0.25, 0.3) is 5.91 Å². The van der Waals surface area contributed by atoms with E-state index in [-0.39, 0.29) is 11.9 Å². The number of nitrogens with zero attached hydrogens (tertiary/aromatic N) is 6. The van der Waals surface area contributed by atoms with E-state index in [1.165, 1.54) is 0 Å². The van der Waals surface area contributed by atoms with E-state index >= 15 is 0 Å². The van der Waals surface area contributed by atoms with E-state index in [4.69, 9.17) is 9.51 Å². The fraction of sp³-hybridized carbons (Fsp3) is 0.429. The van der Waals surface area contributed by atoms with Crippen LogP contribution in [0.1, 0.15) is 52.6 Å². The smallest absolute Gasteiger partial charge is 0.257 e. The van der Waals surface area contributed by atoms with Crippen molar-refractivity contribution < 1.29 is 9.32 Å². The Balaban J connectivity index is 1.45. The van der Waals surface area contributed by atoms with Crippen LogP contribution in [0.4, 0.5) is 0 Å². The fourth-order valence-electron chi connectivity index (χ4n) is 3.88. The lowest BCUT2D eigenvalue weighted by molar-refractivity contribution is 0.0729. The molecule has 4 heterocycles. The lowest BCUT2D eigenvalue weighted by Crippen LogP contribution is -2.36. The molecular weight excluding hydrogens is 368 g/mol. The molecule has 0 saturated carbocycles. The summed E-state index contributed by atoms with van der Waals surface area (Å²) in [5.74, 6) is 1.40. The highest BCUT2D eigenvalue weighted by atomic mass is 16.5. The molecule has 29 heavy (non-hydrogen) atoms. The monoisotopic (exact) mass is 392 g/mol. The van der Waals surface area contributed by atoms with Crippen LogP contribution in [0.3, 0.4) is 0 Å². The highest BCUT2D eigenvalue weighted by Crippen LogP contribution is 2.26. The molecule has 0 aliphatic carbocycles. The van der Waals surface area contributed by atoms with Crippen molar-refractivity contribution in [1.82, 2.24) is 30.0 Å². The number of carbonyl (C=O) groups is 1. The maximum atomic E-state index is 12.9. The van der Waals surface area contributed by atoms with Gasteiger partial charge in [-0.1, -0.05) is 5.16 Å². The summed E-state index contributed by atoms with van der Waals surface area (Å²) in [4.78, 5) is 32.2. The first kappa shape index (κ1) is 19.2. The Kier molecular flexibility index (Phi) is 5.33. The van der Waals surface area contributed by atoms with Crippen LogP contribution in [0.2, 0.25) is 0 Å². The summed E-state index contributed by atoms with van der Waals surface area (Å²) >= 11 is 0. The summed E-state index contributed by atoms with van der Waals surface area (Å²) in [7, 11) is 0. The Morgan fingerprint density at radius 2 is 1.97 bits per heavy atom. The zero-order valence-corrected chi connectivity index (χ0v) is 16.9. The molecular formula is C21H24N6O2. The molecule has 0 N–H and O–H groups in total. The standard InChI is InChI=1S/C21H24N6O2/c1-13-20(14(2)29-26-13)19-12-22-11-17(25-19)6-7-18-5-4-8-27(18)21(28)16-9-23-15(3)24-10-16/h9-12,18H,4-8H2,1-3H3. The van der Waals surface area contributed by atoms with Gasteiger partial charge in [-0.15, -0.1) is 0 Å². The second-order valence-corrected chi connectivity index (χ2v) is 7.45. The Labute approximate surface area is 169 Å². The zero-order valence-electron chi connectivity index (χ0n) is 16.9. The third-order valence-corrected chi connectivity index (χ3v) is 5.37. The molecule has 1 amide bonds. The first-order valence-electron chi connectivity index (χ1n) is 9.86. The van der Waals surface area contributed by atoms with E-state index in [9.17, 15) is 4.79 Å². The molecule has 0 bridgehead atoms. The van der Waals surface area contributed by atoms with Crippen LogP contribution in [-0.4, -0.2) is 48.5 Å². The Morgan fingerprint density at radius 1 is 1.17 bits per heavy atom. The first-order valence-corrected chi connectivity index (χ1v) is 9.86. The number of amides is 1. The summed E-state index contributed by atoms with van der Waals surface area (Å²) in [6.45, 7) is 6.35. The zero-order chi connectivity index (χ0) is 20.4. The number of hydrogen-bond acceptors (Lipinski definition) is 7. The van der Waals surface area contributed by atoms with Crippen LogP contribution in [0.15, 0.2) is 29.3 Å². The van der Waals surface area contributed by atoms with Crippen molar-refractivity contribution in [3.63, 3.8) is 0 Å². The molecule has 8 nitrogen and oxygen atoms in total. The normalized spacial score (nSPS) is 16.4. The van der Waals surface area contributed by atoms with Crippen molar-refractivity contribution >= 4 is 5.91 Å². The lowest BCUT2D eigenvalue weighted by atomic mass is 10.1. The molecule has 0 spiro atoms. The van der Waals surface area contributed by atoms with Gasteiger partial charge in [0.1, 0.15) is 11.6 Å². The van der Waals surface area contributed by atoms with E-state index in [1.807, 2.05) is 25.7 Å². The van der Waals surface area contributed by atoms with Gasteiger partial charge in [0.05, 0.1) is 34.4 Å². The van der Waals surface area contributed by atoms with Gasteiger partial charge in [0, 0.05) is 31.2 Å². The number of likely N-dealkylation sites (tertiary alicyclic amines) is 1. The Hall–Kier alpha value is -3.16. The predicted molar refractivity (Wildman–Crippen MR) is 106 cm³/mol. The van der Waals surface area contributed by atoms with Gasteiger partial charge < -0.3 is 9.42 Å². The molecule has 3 aromatic heterocycles. The van der Waals surface area contributed by atoms with Gasteiger partial charge >= 0.3 is 0 Å². The summed E-state index contributed by atoms with van der Waals surface area (Å²) in [5, 5.41) is 4.00. The minimum Gasteiger partial charge on any atom is -0.361 e. The second-order valence-electron chi connectivity index (χ2n) is 7.45. The summed E-state index contributed by atoms with van der Waals surface area (Å²) < 4.78 is 5.25. The number of aromatic nitrogens is 5. The Morgan fingerprint density at radius 3 is 2.69 bits per heavy atom. The molecule has 0 aromatic carbocycles. The molecule has 1 aliphatic heterocycles. The van der Waals surface area contributed by atoms with Crippen LogP contribution >= 0.6 is 0 Å². The molecule has 0 radical (unpaired) electrons.